The lowest BCUT2D eigenvalue weighted by atomic mass is 9.90. The maximum Gasteiger partial charge on any atom is 0.128 e. The fourth-order valence-electron chi connectivity index (χ4n) is 2.69. The van der Waals surface area contributed by atoms with Crippen LogP contribution in [0.15, 0.2) is 18.3 Å². The number of aromatic nitrogens is 1. The third-order valence-electron chi connectivity index (χ3n) is 4.17. The van der Waals surface area contributed by atoms with Gasteiger partial charge < -0.3 is 15.1 Å². The van der Waals surface area contributed by atoms with Gasteiger partial charge in [-0.25, -0.2) is 4.98 Å². The second-order valence-corrected chi connectivity index (χ2v) is 6.05. The Balaban J connectivity index is 2.00. The summed E-state index contributed by atoms with van der Waals surface area (Å²) in [6, 6.07) is 5.37. The minimum Gasteiger partial charge on any atom is -0.381 e. The van der Waals surface area contributed by atoms with E-state index >= 15 is 0 Å². The van der Waals surface area contributed by atoms with Crippen molar-refractivity contribution in [2.45, 2.75) is 32.4 Å². The normalized spacial score (nSPS) is 28.2. The first kappa shape index (κ1) is 14.1. The van der Waals surface area contributed by atoms with Crippen molar-refractivity contribution >= 4 is 11.5 Å². The maximum absolute atomic E-state index is 4.46. The molecular weight excluding hydrogens is 236 g/mol. The predicted octanol–water partition coefficient (Wildman–Crippen LogP) is 2.29. The molecule has 1 aliphatic heterocycles. The predicted molar refractivity (Wildman–Crippen MR) is 81.8 cm³/mol. The van der Waals surface area contributed by atoms with E-state index in [-0.39, 0.29) is 0 Å². The molecule has 3 unspecified atom stereocenters. The molecule has 1 aliphatic rings. The fraction of sp³-hybridized carbons (Fsp3) is 0.667. The first-order valence-electron chi connectivity index (χ1n) is 7.07. The topological polar surface area (TPSA) is 31.4 Å². The standard InChI is InChI=1S/C15H26N4/c1-11-10-19(5)12(2)8-14(11)17-13-6-7-15(16-9-13)18(3)4/h6-7,9,11-12,14,17H,8,10H2,1-5H3. The highest BCUT2D eigenvalue weighted by molar-refractivity contribution is 5.48. The molecule has 1 aromatic rings. The Hall–Kier alpha value is -1.29. The van der Waals surface area contributed by atoms with Crippen molar-refractivity contribution in [2.75, 3.05) is 37.9 Å². The van der Waals surface area contributed by atoms with Gasteiger partial charge >= 0.3 is 0 Å². The van der Waals surface area contributed by atoms with E-state index in [1.54, 1.807) is 0 Å². The van der Waals surface area contributed by atoms with Gasteiger partial charge in [-0.15, -0.1) is 0 Å². The van der Waals surface area contributed by atoms with E-state index in [4.69, 9.17) is 0 Å². The Bertz CT molecular complexity index is 401. The van der Waals surface area contributed by atoms with Crippen LogP contribution in [0.3, 0.4) is 0 Å². The molecule has 106 valence electrons. The molecule has 1 N–H and O–H groups in total. The molecule has 0 spiro atoms. The number of nitrogens with one attached hydrogen (secondary N) is 1. The van der Waals surface area contributed by atoms with Gasteiger partial charge in [-0.05, 0) is 38.4 Å². The van der Waals surface area contributed by atoms with Gasteiger partial charge in [0.05, 0.1) is 11.9 Å². The zero-order chi connectivity index (χ0) is 14.0. The number of likely N-dealkylation sites (tertiary alicyclic amines) is 1. The number of nitrogens with zero attached hydrogens (tertiary/aromatic N) is 3. The second kappa shape index (κ2) is 5.78. The van der Waals surface area contributed by atoms with Gasteiger partial charge in [0.1, 0.15) is 5.82 Å². The summed E-state index contributed by atoms with van der Waals surface area (Å²) in [5, 5.41) is 3.64. The van der Waals surface area contributed by atoms with E-state index < -0.39 is 0 Å². The van der Waals surface area contributed by atoms with Crippen LogP contribution in [0.25, 0.3) is 0 Å². The molecule has 19 heavy (non-hydrogen) atoms. The van der Waals surface area contributed by atoms with Crippen LogP contribution in [0, 0.1) is 5.92 Å². The van der Waals surface area contributed by atoms with E-state index in [0.29, 0.717) is 18.0 Å². The number of rotatable bonds is 3. The third-order valence-corrected chi connectivity index (χ3v) is 4.17. The molecule has 1 fully saturated rings. The Labute approximate surface area is 116 Å². The molecule has 0 bridgehead atoms. The summed E-state index contributed by atoms with van der Waals surface area (Å²) in [6.45, 7) is 5.78. The molecule has 0 radical (unpaired) electrons. The zero-order valence-electron chi connectivity index (χ0n) is 12.7. The SMILES string of the molecule is CC1CN(C)C(C)CC1Nc1ccc(N(C)C)nc1. The van der Waals surface area contributed by atoms with Gasteiger partial charge in [0.15, 0.2) is 0 Å². The Kier molecular flexibility index (Phi) is 4.30. The monoisotopic (exact) mass is 262 g/mol. The zero-order valence-corrected chi connectivity index (χ0v) is 12.7. The number of pyridine rings is 1. The summed E-state index contributed by atoms with van der Waals surface area (Å²) in [5.74, 6) is 1.66. The van der Waals surface area contributed by atoms with Gasteiger partial charge in [-0.3, -0.25) is 0 Å². The highest BCUT2D eigenvalue weighted by Gasteiger charge is 2.28. The largest absolute Gasteiger partial charge is 0.381 e. The highest BCUT2D eigenvalue weighted by atomic mass is 15.2. The summed E-state index contributed by atoms with van der Waals surface area (Å²) in [4.78, 5) is 8.91. The maximum atomic E-state index is 4.46. The fourth-order valence-corrected chi connectivity index (χ4v) is 2.69. The molecule has 0 aliphatic carbocycles. The van der Waals surface area contributed by atoms with Gasteiger partial charge in [0, 0.05) is 32.7 Å². The van der Waals surface area contributed by atoms with Crippen LogP contribution in [0.5, 0.6) is 0 Å². The molecule has 1 aromatic heterocycles. The lowest BCUT2D eigenvalue weighted by Gasteiger charge is -2.40. The van der Waals surface area contributed by atoms with Crippen LogP contribution >= 0.6 is 0 Å². The number of anilines is 2. The molecule has 2 rings (SSSR count). The molecule has 0 saturated carbocycles. The first-order chi connectivity index (χ1) is 8.97. The van der Waals surface area contributed by atoms with Crippen LogP contribution in [0.2, 0.25) is 0 Å². The number of hydrogen-bond acceptors (Lipinski definition) is 4. The van der Waals surface area contributed by atoms with Crippen molar-refractivity contribution in [1.82, 2.24) is 9.88 Å². The van der Waals surface area contributed by atoms with Gasteiger partial charge in [0.25, 0.3) is 0 Å². The van der Waals surface area contributed by atoms with Crippen LogP contribution in [-0.4, -0.2) is 49.7 Å². The van der Waals surface area contributed by atoms with Gasteiger partial charge in [-0.2, -0.15) is 0 Å². The molecule has 0 aromatic carbocycles. The highest BCUT2D eigenvalue weighted by Crippen LogP contribution is 2.24. The quantitative estimate of drug-likeness (QED) is 0.905. The summed E-state index contributed by atoms with van der Waals surface area (Å²) in [5.41, 5.74) is 1.12. The number of hydrogen-bond donors (Lipinski definition) is 1. The number of piperidine rings is 1. The summed E-state index contributed by atoms with van der Waals surface area (Å²) < 4.78 is 0. The summed E-state index contributed by atoms with van der Waals surface area (Å²) >= 11 is 0. The van der Waals surface area contributed by atoms with Crippen LogP contribution in [0.4, 0.5) is 11.5 Å². The van der Waals surface area contributed by atoms with Crippen molar-refractivity contribution in [3.05, 3.63) is 18.3 Å². The molecule has 0 amide bonds. The van der Waals surface area contributed by atoms with Crippen molar-refractivity contribution < 1.29 is 0 Å². The van der Waals surface area contributed by atoms with E-state index in [2.05, 4.69) is 48.2 Å². The minimum atomic E-state index is 0.540. The molecule has 4 nitrogen and oxygen atoms in total. The lowest BCUT2D eigenvalue weighted by Crippen LogP contribution is -2.48. The van der Waals surface area contributed by atoms with Crippen molar-refractivity contribution in [3.63, 3.8) is 0 Å². The van der Waals surface area contributed by atoms with E-state index in [1.807, 2.05) is 25.2 Å². The smallest absolute Gasteiger partial charge is 0.128 e. The molecule has 1 saturated heterocycles. The Morgan fingerprint density at radius 2 is 2.05 bits per heavy atom. The average molecular weight is 262 g/mol. The van der Waals surface area contributed by atoms with Crippen LogP contribution in [0.1, 0.15) is 20.3 Å². The van der Waals surface area contributed by atoms with Gasteiger partial charge in [0.2, 0.25) is 0 Å². The molecular formula is C15H26N4. The van der Waals surface area contributed by atoms with Crippen molar-refractivity contribution in [3.8, 4) is 0 Å². The third kappa shape index (κ3) is 3.38. The minimum absolute atomic E-state index is 0.540. The summed E-state index contributed by atoms with van der Waals surface area (Å²) in [7, 11) is 6.23. The molecule has 2 heterocycles. The van der Waals surface area contributed by atoms with E-state index in [9.17, 15) is 0 Å². The van der Waals surface area contributed by atoms with Crippen LogP contribution < -0.4 is 10.2 Å². The van der Waals surface area contributed by atoms with E-state index in [1.165, 1.54) is 6.42 Å². The first-order valence-corrected chi connectivity index (χ1v) is 7.07. The average Bonchev–Trinajstić information content (AvgIpc) is 2.36. The lowest BCUT2D eigenvalue weighted by molar-refractivity contribution is 0.145. The summed E-state index contributed by atoms with van der Waals surface area (Å²) in [6.07, 6.45) is 3.12. The van der Waals surface area contributed by atoms with Crippen molar-refractivity contribution in [1.29, 1.82) is 0 Å². The molecule has 4 heteroatoms. The second-order valence-electron chi connectivity index (χ2n) is 6.05. The Morgan fingerprint density at radius 3 is 2.63 bits per heavy atom. The van der Waals surface area contributed by atoms with Crippen molar-refractivity contribution in [2.24, 2.45) is 5.92 Å². The van der Waals surface area contributed by atoms with E-state index in [0.717, 1.165) is 18.1 Å². The Morgan fingerprint density at radius 1 is 1.32 bits per heavy atom. The molecule has 3 atom stereocenters. The van der Waals surface area contributed by atoms with Gasteiger partial charge in [-0.1, -0.05) is 6.92 Å². The van der Waals surface area contributed by atoms with Crippen LogP contribution in [-0.2, 0) is 0 Å².